The van der Waals surface area contributed by atoms with Crippen LogP contribution in [0.5, 0.6) is 5.75 Å². The van der Waals surface area contributed by atoms with E-state index in [0.717, 1.165) is 17.5 Å². The highest BCUT2D eigenvalue weighted by molar-refractivity contribution is 5.67. The highest BCUT2D eigenvalue weighted by Crippen LogP contribution is 2.37. The Morgan fingerprint density at radius 2 is 1.91 bits per heavy atom. The van der Waals surface area contributed by atoms with E-state index in [0.29, 0.717) is 18.8 Å². The van der Waals surface area contributed by atoms with Gasteiger partial charge in [0.15, 0.2) is 0 Å². The third kappa shape index (κ3) is 3.71. The second kappa shape index (κ2) is 6.84. The number of benzene rings is 2. The fraction of sp³-hybridized carbons (Fsp3) is 0.316. The number of hydrogen-bond donors (Lipinski definition) is 2. The molecule has 0 aromatic heterocycles. The minimum atomic E-state index is -0.813. The Balaban J connectivity index is 1.72. The van der Waals surface area contributed by atoms with Gasteiger partial charge in [-0.25, -0.2) is 0 Å². The summed E-state index contributed by atoms with van der Waals surface area (Å²) in [4.78, 5) is 10.7. The lowest BCUT2D eigenvalue weighted by molar-refractivity contribution is -0.136. The highest BCUT2D eigenvalue weighted by atomic mass is 16.5. The van der Waals surface area contributed by atoms with Gasteiger partial charge in [0.2, 0.25) is 0 Å². The Kier molecular flexibility index (Phi) is 4.63. The molecule has 2 atom stereocenters. The summed E-state index contributed by atoms with van der Waals surface area (Å²) < 4.78 is 5.82. The van der Waals surface area contributed by atoms with E-state index in [1.807, 2.05) is 36.4 Å². The van der Waals surface area contributed by atoms with Crippen LogP contribution in [-0.2, 0) is 17.6 Å². The number of aliphatic hydroxyl groups excluding tert-OH is 1. The molecule has 23 heavy (non-hydrogen) atoms. The van der Waals surface area contributed by atoms with Crippen molar-refractivity contribution in [2.45, 2.75) is 25.4 Å². The van der Waals surface area contributed by atoms with E-state index >= 15 is 0 Å². The molecule has 0 fully saturated rings. The van der Waals surface area contributed by atoms with Crippen LogP contribution in [0.2, 0.25) is 0 Å². The monoisotopic (exact) mass is 312 g/mol. The van der Waals surface area contributed by atoms with E-state index in [4.69, 9.17) is 9.84 Å². The summed E-state index contributed by atoms with van der Waals surface area (Å²) in [6.07, 6.45) is 0.767. The molecule has 1 heterocycles. The first-order valence-electron chi connectivity index (χ1n) is 7.83. The number of carbonyl (C=O) groups is 1. The van der Waals surface area contributed by atoms with Gasteiger partial charge in [0.1, 0.15) is 5.75 Å². The third-order valence-electron chi connectivity index (χ3n) is 4.26. The first kappa shape index (κ1) is 15.6. The van der Waals surface area contributed by atoms with Gasteiger partial charge in [-0.3, -0.25) is 4.79 Å². The summed E-state index contributed by atoms with van der Waals surface area (Å²) in [5.41, 5.74) is 2.89. The van der Waals surface area contributed by atoms with E-state index in [1.54, 1.807) is 0 Å². The van der Waals surface area contributed by atoms with E-state index in [-0.39, 0.29) is 12.3 Å². The van der Waals surface area contributed by atoms with Crippen LogP contribution in [-0.4, -0.2) is 22.8 Å². The molecule has 0 bridgehead atoms. The lowest BCUT2D eigenvalue weighted by atomic mass is 9.87. The fourth-order valence-corrected chi connectivity index (χ4v) is 2.98. The van der Waals surface area contributed by atoms with Crippen LogP contribution < -0.4 is 4.74 Å². The zero-order valence-electron chi connectivity index (χ0n) is 12.8. The molecule has 2 aromatic carbocycles. The SMILES string of the molecule is O=C(O)CCc1ccc2c(c1)OC[C@@H](Cc1ccccc1)[C@@H]2O. The minimum absolute atomic E-state index is 0.0229. The number of aliphatic carboxylic acids is 1. The van der Waals surface area contributed by atoms with Gasteiger partial charge in [0.05, 0.1) is 12.7 Å². The van der Waals surface area contributed by atoms with E-state index < -0.39 is 12.1 Å². The van der Waals surface area contributed by atoms with Gasteiger partial charge in [0.25, 0.3) is 0 Å². The molecule has 0 radical (unpaired) electrons. The van der Waals surface area contributed by atoms with Crippen molar-refractivity contribution in [3.63, 3.8) is 0 Å². The number of carboxylic acid groups (broad SMARTS) is 1. The maximum Gasteiger partial charge on any atom is 0.303 e. The number of aliphatic hydroxyl groups is 1. The van der Waals surface area contributed by atoms with Crippen molar-refractivity contribution >= 4 is 5.97 Å². The first-order valence-corrected chi connectivity index (χ1v) is 7.83. The number of aryl methyl sites for hydroxylation is 1. The van der Waals surface area contributed by atoms with E-state index in [9.17, 15) is 9.90 Å². The molecule has 4 nitrogen and oxygen atoms in total. The van der Waals surface area contributed by atoms with Crippen molar-refractivity contribution in [1.82, 2.24) is 0 Å². The molecule has 3 rings (SSSR count). The Labute approximate surface area is 135 Å². The van der Waals surface area contributed by atoms with Gasteiger partial charge in [-0.2, -0.15) is 0 Å². The maximum atomic E-state index is 10.7. The summed E-state index contributed by atoms with van der Waals surface area (Å²) in [5, 5.41) is 19.4. The Morgan fingerprint density at radius 3 is 2.65 bits per heavy atom. The Bertz CT molecular complexity index is 681. The van der Waals surface area contributed by atoms with Crippen molar-refractivity contribution in [2.24, 2.45) is 5.92 Å². The summed E-state index contributed by atoms with van der Waals surface area (Å²) in [6, 6.07) is 15.6. The molecule has 0 amide bonds. The maximum absolute atomic E-state index is 10.7. The molecular formula is C19H20O4. The predicted octanol–water partition coefficient (Wildman–Crippen LogP) is 2.99. The molecule has 0 saturated heterocycles. The Hall–Kier alpha value is -2.33. The average Bonchev–Trinajstić information content (AvgIpc) is 2.56. The summed E-state index contributed by atoms with van der Waals surface area (Å²) in [6.45, 7) is 0.464. The first-order chi connectivity index (χ1) is 11.1. The van der Waals surface area contributed by atoms with Crippen molar-refractivity contribution in [3.05, 3.63) is 65.2 Å². The highest BCUT2D eigenvalue weighted by Gasteiger charge is 2.29. The van der Waals surface area contributed by atoms with E-state index in [2.05, 4.69) is 12.1 Å². The van der Waals surface area contributed by atoms with Gasteiger partial charge < -0.3 is 14.9 Å². The smallest absolute Gasteiger partial charge is 0.303 e. The van der Waals surface area contributed by atoms with Gasteiger partial charge in [0, 0.05) is 17.9 Å². The molecule has 2 N–H and O–H groups in total. The molecule has 0 unspecified atom stereocenters. The number of rotatable bonds is 5. The van der Waals surface area contributed by atoms with Crippen LogP contribution in [0.1, 0.15) is 29.2 Å². The molecule has 2 aromatic rings. The standard InChI is InChI=1S/C19H20O4/c20-18(21)9-7-14-6-8-16-17(11-14)23-12-15(19(16)22)10-13-4-2-1-3-5-13/h1-6,8,11,15,19,22H,7,9-10,12H2,(H,20,21)/t15-,19+/m1/s1. The van der Waals surface area contributed by atoms with Gasteiger partial charge in [-0.1, -0.05) is 42.5 Å². The van der Waals surface area contributed by atoms with Crippen LogP contribution in [0.15, 0.2) is 48.5 Å². The molecule has 1 aliphatic rings. The van der Waals surface area contributed by atoms with Crippen LogP contribution in [0, 0.1) is 5.92 Å². The summed E-state index contributed by atoms with van der Waals surface area (Å²) >= 11 is 0. The van der Waals surface area contributed by atoms with Crippen LogP contribution in [0.25, 0.3) is 0 Å². The lowest BCUT2D eigenvalue weighted by Crippen LogP contribution is -2.27. The molecular weight excluding hydrogens is 292 g/mol. The largest absolute Gasteiger partial charge is 0.493 e. The van der Waals surface area contributed by atoms with Crippen LogP contribution >= 0.6 is 0 Å². The van der Waals surface area contributed by atoms with Gasteiger partial charge in [-0.15, -0.1) is 0 Å². The molecule has 0 aliphatic carbocycles. The number of carboxylic acids is 1. The van der Waals surface area contributed by atoms with Gasteiger partial charge in [-0.05, 0) is 30.0 Å². The molecule has 0 saturated carbocycles. The normalized spacial score (nSPS) is 19.7. The van der Waals surface area contributed by atoms with Crippen molar-refractivity contribution in [3.8, 4) is 5.75 Å². The van der Waals surface area contributed by atoms with Crippen LogP contribution in [0.3, 0.4) is 0 Å². The molecule has 4 heteroatoms. The summed E-state index contributed by atoms with van der Waals surface area (Å²) in [7, 11) is 0. The van der Waals surface area contributed by atoms with Gasteiger partial charge >= 0.3 is 5.97 Å². The second-order valence-corrected chi connectivity index (χ2v) is 5.97. The number of ether oxygens (including phenoxy) is 1. The number of fused-ring (bicyclic) bond motifs is 1. The zero-order valence-corrected chi connectivity index (χ0v) is 12.8. The van der Waals surface area contributed by atoms with Crippen molar-refractivity contribution in [1.29, 1.82) is 0 Å². The quantitative estimate of drug-likeness (QED) is 0.890. The summed E-state index contributed by atoms with van der Waals surface area (Å²) in [5.74, 6) is -0.119. The molecule has 120 valence electrons. The molecule has 1 aliphatic heterocycles. The lowest BCUT2D eigenvalue weighted by Gasteiger charge is -2.30. The van der Waals surface area contributed by atoms with Crippen LogP contribution in [0.4, 0.5) is 0 Å². The fourth-order valence-electron chi connectivity index (χ4n) is 2.98. The molecule has 0 spiro atoms. The topological polar surface area (TPSA) is 66.8 Å². The van der Waals surface area contributed by atoms with Crippen molar-refractivity contribution in [2.75, 3.05) is 6.61 Å². The number of hydrogen-bond acceptors (Lipinski definition) is 3. The minimum Gasteiger partial charge on any atom is -0.493 e. The zero-order chi connectivity index (χ0) is 16.2. The second-order valence-electron chi connectivity index (χ2n) is 5.97. The average molecular weight is 312 g/mol. The Morgan fingerprint density at radius 1 is 1.13 bits per heavy atom. The predicted molar refractivity (Wildman–Crippen MR) is 86.5 cm³/mol. The van der Waals surface area contributed by atoms with Crippen molar-refractivity contribution < 1.29 is 19.7 Å². The van der Waals surface area contributed by atoms with E-state index in [1.165, 1.54) is 5.56 Å². The third-order valence-corrected chi connectivity index (χ3v) is 4.26.